The number of rotatable bonds is 3. The van der Waals surface area contributed by atoms with Crippen molar-refractivity contribution in [3.63, 3.8) is 0 Å². The third-order valence-corrected chi connectivity index (χ3v) is 4.82. The van der Waals surface area contributed by atoms with Crippen molar-refractivity contribution >= 4 is 29.1 Å². The number of carbonyl (C=O) groups is 1. The van der Waals surface area contributed by atoms with Gasteiger partial charge in [0.2, 0.25) is 0 Å². The minimum absolute atomic E-state index is 0.117. The van der Waals surface area contributed by atoms with Gasteiger partial charge < -0.3 is 14.2 Å². The average molecular weight is 367 g/mol. The first-order valence-corrected chi connectivity index (χ1v) is 8.19. The van der Waals surface area contributed by atoms with Crippen molar-refractivity contribution < 1.29 is 9.53 Å². The quantitative estimate of drug-likeness (QED) is 0.838. The van der Waals surface area contributed by atoms with Crippen LogP contribution in [-0.2, 0) is 7.05 Å². The van der Waals surface area contributed by atoms with Crippen molar-refractivity contribution in [1.82, 2.24) is 9.47 Å². The molecule has 1 amide bonds. The lowest BCUT2D eigenvalue weighted by Crippen LogP contribution is -2.56. The number of aryl methyl sites for hydroxylation is 1. The predicted octanol–water partition coefficient (Wildman–Crippen LogP) is 2.90. The Morgan fingerprint density at radius 2 is 1.88 bits per heavy atom. The first kappa shape index (κ1) is 16.9. The SMILES string of the molecule is Cc1cc(OC2CN(C(=O)c3ccc(Cl)c(Cl)c3)C2)cc(=O)n1C. The van der Waals surface area contributed by atoms with Crippen LogP contribution in [0.1, 0.15) is 16.1 Å². The van der Waals surface area contributed by atoms with E-state index in [0.717, 1.165) is 5.69 Å². The zero-order valence-electron chi connectivity index (χ0n) is 13.3. The molecule has 1 fully saturated rings. The number of halogens is 2. The van der Waals surface area contributed by atoms with Gasteiger partial charge in [-0.3, -0.25) is 9.59 Å². The van der Waals surface area contributed by atoms with E-state index in [1.165, 1.54) is 6.07 Å². The summed E-state index contributed by atoms with van der Waals surface area (Å²) in [5.41, 5.74) is 1.20. The molecule has 0 atom stereocenters. The standard InChI is InChI=1S/C17H16Cl2N2O3/c1-10-5-12(7-16(22)20(10)2)24-13-8-21(9-13)17(23)11-3-4-14(18)15(19)6-11/h3-7,13H,8-9H2,1-2H3. The number of nitrogens with zero attached hydrogens (tertiary/aromatic N) is 2. The van der Waals surface area contributed by atoms with Crippen LogP contribution < -0.4 is 10.3 Å². The molecule has 0 N–H and O–H groups in total. The molecule has 0 bridgehead atoms. The predicted molar refractivity (Wildman–Crippen MR) is 93.2 cm³/mol. The molecule has 1 aromatic heterocycles. The van der Waals surface area contributed by atoms with Gasteiger partial charge in [0, 0.05) is 24.4 Å². The summed E-state index contributed by atoms with van der Waals surface area (Å²) in [6, 6.07) is 8.08. The number of benzene rings is 1. The van der Waals surface area contributed by atoms with Gasteiger partial charge in [-0.2, -0.15) is 0 Å². The van der Waals surface area contributed by atoms with E-state index in [9.17, 15) is 9.59 Å². The molecule has 0 radical (unpaired) electrons. The lowest BCUT2D eigenvalue weighted by Gasteiger charge is -2.39. The Morgan fingerprint density at radius 3 is 2.50 bits per heavy atom. The molecule has 2 heterocycles. The molecule has 0 aliphatic carbocycles. The van der Waals surface area contributed by atoms with E-state index >= 15 is 0 Å². The Balaban J connectivity index is 1.62. The second-order valence-electron chi connectivity index (χ2n) is 5.81. The lowest BCUT2D eigenvalue weighted by atomic mass is 10.1. The molecule has 2 aromatic rings. The molecule has 5 nitrogen and oxygen atoms in total. The molecule has 24 heavy (non-hydrogen) atoms. The summed E-state index contributed by atoms with van der Waals surface area (Å²) in [6.07, 6.45) is -0.122. The van der Waals surface area contributed by atoms with Crippen LogP contribution in [-0.4, -0.2) is 34.6 Å². The van der Waals surface area contributed by atoms with E-state index in [2.05, 4.69) is 0 Å². The Labute approximate surface area is 149 Å². The number of likely N-dealkylation sites (tertiary alicyclic amines) is 1. The van der Waals surface area contributed by atoms with Gasteiger partial charge in [0.25, 0.3) is 11.5 Å². The summed E-state index contributed by atoms with van der Waals surface area (Å²) < 4.78 is 7.32. The van der Waals surface area contributed by atoms with E-state index in [1.54, 1.807) is 34.7 Å². The monoisotopic (exact) mass is 366 g/mol. The van der Waals surface area contributed by atoms with E-state index in [0.29, 0.717) is 34.4 Å². The summed E-state index contributed by atoms with van der Waals surface area (Å²) in [6.45, 7) is 2.77. The lowest BCUT2D eigenvalue weighted by molar-refractivity contribution is 0.0176. The van der Waals surface area contributed by atoms with Gasteiger partial charge >= 0.3 is 0 Å². The van der Waals surface area contributed by atoms with Gasteiger partial charge in [-0.1, -0.05) is 23.2 Å². The molecule has 1 aromatic carbocycles. The molecular formula is C17H16Cl2N2O3. The highest BCUT2D eigenvalue weighted by Gasteiger charge is 2.33. The van der Waals surface area contributed by atoms with Crippen molar-refractivity contribution in [1.29, 1.82) is 0 Å². The number of hydrogen-bond donors (Lipinski definition) is 0. The number of ether oxygens (including phenoxy) is 1. The maximum absolute atomic E-state index is 12.4. The zero-order valence-corrected chi connectivity index (χ0v) is 14.8. The molecule has 1 saturated heterocycles. The molecule has 7 heteroatoms. The summed E-state index contributed by atoms with van der Waals surface area (Å²) >= 11 is 11.8. The van der Waals surface area contributed by atoms with Gasteiger partial charge in [-0.25, -0.2) is 0 Å². The third-order valence-electron chi connectivity index (χ3n) is 4.08. The van der Waals surface area contributed by atoms with E-state index in [1.807, 2.05) is 13.0 Å². The van der Waals surface area contributed by atoms with E-state index < -0.39 is 0 Å². The Hall–Kier alpha value is -1.98. The Morgan fingerprint density at radius 1 is 1.17 bits per heavy atom. The van der Waals surface area contributed by atoms with Crippen LogP contribution in [0, 0.1) is 6.92 Å². The second kappa shape index (κ2) is 6.49. The Kier molecular flexibility index (Phi) is 4.56. The summed E-state index contributed by atoms with van der Waals surface area (Å²) in [4.78, 5) is 25.8. The number of pyridine rings is 1. The fourth-order valence-corrected chi connectivity index (χ4v) is 2.79. The Bertz CT molecular complexity index is 857. The number of aromatic nitrogens is 1. The summed E-state index contributed by atoms with van der Waals surface area (Å²) in [5, 5.41) is 0.769. The molecule has 3 rings (SSSR count). The molecule has 126 valence electrons. The molecule has 0 spiro atoms. The van der Waals surface area contributed by atoms with Crippen molar-refractivity contribution in [2.24, 2.45) is 7.05 Å². The summed E-state index contributed by atoms with van der Waals surface area (Å²) in [7, 11) is 1.71. The molecule has 1 aliphatic rings. The fraction of sp³-hybridized carbons (Fsp3) is 0.294. The number of carbonyl (C=O) groups excluding carboxylic acids is 1. The van der Waals surface area contributed by atoms with Crippen molar-refractivity contribution in [3.8, 4) is 5.75 Å². The van der Waals surface area contributed by atoms with E-state index in [4.69, 9.17) is 27.9 Å². The van der Waals surface area contributed by atoms with Crippen LogP contribution in [0.3, 0.4) is 0 Å². The zero-order chi connectivity index (χ0) is 17.4. The highest BCUT2D eigenvalue weighted by Crippen LogP contribution is 2.25. The van der Waals surface area contributed by atoms with Gasteiger partial charge in [-0.15, -0.1) is 0 Å². The van der Waals surface area contributed by atoms with Crippen LogP contribution in [0.4, 0.5) is 0 Å². The van der Waals surface area contributed by atoms with Gasteiger partial charge in [-0.05, 0) is 31.2 Å². The maximum Gasteiger partial charge on any atom is 0.254 e. The minimum Gasteiger partial charge on any atom is -0.486 e. The first-order valence-electron chi connectivity index (χ1n) is 7.44. The van der Waals surface area contributed by atoms with Crippen molar-refractivity contribution in [2.45, 2.75) is 13.0 Å². The van der Waals surface area contributed by atoms with Crippen molar-refractivity contribution in [3.05, 3.63) is 62.0 Å². The van der Waals surface area contributed by atoms with Crippen LogP contribution in [0.25, 0.3) is 0 Å². The van der Waals surface area contributed by atoms with Gasteiger partial charge in [0.1, 0.15) is 11.9 Å². The topological polar surface area (TPSA) is 51.5 Å². The highest BCUT2D eigenvalue weighted by atomic mass is 35.5. The molecule has 1 aliphatic heterocycles. The van der Waals surface area contributed by atoms with Gasteiger partial charge in [0.15, 0.2) is 0 Å². The molecule has 0 unspecified atom stereocenters. The van der Waals surface area contributed by atoms with Gasteiger partial charge in [0.05, 0.1) is 23.1 Å². The first-order chi connectivity index (χ1) is 11.3. The normalized spacial score (nSPS) is 14.4. The second-order valence-corrected chi connectivity index (χ2v) is 6.62. The van der Waals surface area contributed by atoms with E-state index in [-0.39, 0.29) is 17.6 Å². The minimum atomic E-state index is -0.122. The van der Waals surface area contributed by atoms with Crippen LogP contribution in [0.2, 0.25) is 10.0 Å². The third kappa shape index (κ3) is 3.28. The smallest absolute Gasteiger partial charge is 0.254 e. The summed E-state index contributed by atoms with van der Waals surface area (Å²) in [5.74, 6) is 0.413. The maximum atomic E-state index is 12.4. The van der Waals surface area contributed by atoms with Crippen LogP contribution >= 0.6 is 23.2 Å². The molecular weight excluding hydrogens is 351 g/mol. The average Bonchev–Trinajstić information content (AvgIpc) is 2.50. The van der Waals surface area contributed by atoms with Crippen molar-refractivity contribution in [2.75, 3.05) is 13.1 Å². The van der Waals surface area contributed by atoms with Crippen LogP contribution in [0.5, 0.6) is 5.75 Å². The number of hydrogen-bond acceptors (Lipinski definition) is 3. The highest BCUT2D eigenvalue weighted by molar-refractivity contribution is 6.42. The van der Waals surface area contributed by atoms with Crippen LogP contribution in [0.15, 0.2) is 35.1 Å². The number of amides is 1. The molecule has 0 saturated carbocycles. The largest absolute Gasteiger partial charge is 0.486 e. The fourth-order valence-electron chi connectivity index (χ4n) is 2.49.